The first-order chi connectivity index (χ1) is 8.25. The highest BCUT2D eigenvalue weighted by Crippen LogP contribution is 2.20. The molecule has 0 aliphatic carbocycles. The lowest BCUT2D eigenvalue weighted by molar-refractivity contribution is 0.278. The molecule has 3 heteroatoms. The zero-order valence-corrected chi connectivity index (χ0v) is 12.0. The van der Waals surface area contributed by atoms with E-state index in [0.717, 1.165) is 13.1 Å². The summed E-state index contributed by atoms with van der Waals surface area (Å²) >= 11 is 3.54. The second-order valence-electron chi connectivity index (χ2n) is 4.86. The molecule has 0 bridgehead atoms. The van der Waals surface area contributed by atoms with Crippen LogP contribution in [0.3, 0.4) is 0 Å². The van der Waals surface area contributed by atoms with Crippen molar-refractivity contribution in [2.75, 3.05) is 32.7 Å². The molecule has 94 valence electrons. The van der Waals surface area contributed by atoms with E-state index in [1.807, 2.05) is 0 Å². The molecule has 2 rings (SSSR count). The Morgan fingerprint density at radius 2 is 2.24 bits per heavy atom. The minimum atomic E-state index is 0.602. The van der Waals surface area contributed by atoms with E-state index >= 15 is 0 Å². The first-order valence-corrected chi connectivity index (χ1v) is 7.23. The lowest BCUT2D eigenvalue weighted by Crippen LogP contribution is -2.31. The fourth-order valence-corrected chi connectivity index (χ4v) is 2.81. The van der Waals surface area contributed by atoms with Gasteiger partial charge >= 0.3 is 0 Å². The van der Waals surface area contributed by atoms with Gasteiger partial charge in [0, 0.05) is 24.1 Å². The fraction of sp³-hybridized carbons (Fsp3) is 0.571. The maximum Gasteiger partial charge on any atom is 0.0178 e. The molecule has 0 amide bonds. The molecular weight excluding hydrogens is 276 g/mol. The normalized spacial score (nSPS) is 19.9. The number of nitrogens with one attached hydrogen (secondary N) is 1. The van der Waals surface area contributed by atoms with E-state index in [9.17, 15) is 0 Å². The first-order valence-electron chi connectivity index (χ1n) is 6.44. The summed E-state index contributed by atoms with van der Waals surface area (Å²) in [7, 11) is 0. The van der Waals surface area contributed by atoms with Gasteiger partial charge in [0.05, 0.1) is 0 Å². The minimum absolute atomic E-state index is 0.602. The molecule has 1 N–H and O–H groups in total. The average molecular weight is 297 g/mol. The summed E-state index contributed by atoms with van der Waals surface area (Å²) in [6.07, 6.45) is 1.27. The molecule has 2 nitrogen and oxygen atoms in total. The minimum Gasteiger partial charge on any atom is -0.315 e. The van der Waals surface area contributed by atoms with Gasteiger partial charge < -0.3 is 10.2 Å². The van der Waals surface area contributed by atoms with Crippen LogP contribution in [0, 0.1) is 0 Å². The van der Waals surface area contributed by atoms with E-state index in [2.05, 4.69) is 57.3 Å². The summed E-state index contributed by atoms with van der Waals surface area (Å²) in [5, 5.41) is 3.45. The predicted octanol–water partition coefficient (Wildman–Crippen LogP) is 2.85. The van der Waals surface area contributed by atoms with Crippen molar-refractivity contribution >= 4 is 15.9 Å². The molecule has 1 unspecified atom stereocenters. The van der Waals surface area contributed by atoms with E-state index in [4.69, 9.17) is 0 Å². The molecule has 0 saturated carbocycles. The molecule has 1 atom stereocenters. The van der Waals surface area contributed by atoms with Crippen molar-refractivity contribution in [1.82, 2.24) is 10.2 Å². The maximum atomic E-state index is 3.54. The van der Waals surface area contributed by atoms with Gasteiger partial charge in [0.2, 0.25) is 0 Å². The zero-order chi connectivity index (χ0) is 12.1. The van der Waals surface area contributed by atoms with Crippen LogP contribution in [0.15, 0.2) is 28.7 Å². The Morgan fingerprint density at radius 3 is 3.06 bits per heavy atom. The molecule has 1 aromatic rings. The van der Waals surface area contributed by atoms with E-state index in [1.165, 1.54) is 36.1 Å². The lowest BCUT2D eigenvalue weighted by atomic mass is 10.0. The number of hydrogen-bond acceptors (Lipinski definition) is 2. The van der Waals surface area contributed by atoms with Crippen LogP contribution in [0.1, 0.15) is 24.8 Å². The highest BCUT2D eigenvalue weighted by atomic mass is 79.9. The van der Waals surface area contributed by atoms with Crippen LogP contribution in [0.2, 0.25) is 0 Å². The Hall–Kier alpha value is -0.380. The Labute approximate surface area is 113 Å². The average Bonchev–Trinajstić information content (AvgIpc) is 2.57. The third-order valence-electron chi connectivity index (χ3n) is 3.38. The summed E-state index contributed by atoms with van der Waals surface area (Å²) in [4.78, 5) is 2.57. The molecule has 1 aliphatic heterocycles. The van der Waals surface area contributed by atoms with E-state index < -0.39 is 0 Å². The van der Waals surface area contributed by atoms with E-state index in [0.29, 0.717) is 5.92 Å². The van der Waals surface area contributed by atoms with Gasteiger partial charge in [0.15, 0.2) is 0 Å². The summed E-state index contributed by atoms with van der Waals surface area (Å²) < 4.78 is 1.18. The van der Waals surface area contributed by atoms with E-state index in [1.54, 1.807) is 0 Å². The second kappa shape index (κ2) is 6.53. The van der Waals surface area contributed by atoms with Gasteiger partial charge in [-0.15, -0.1) is 0 Å². The lowest BCUT2D eigenvalue weighted by Gasteiger charge is -2.24. The topological polar surface area (TPSA) is 15.3 Å². The van der Waals surface area contributed by atoms with Crippen molar-refractivity contribution in [1.29, 1.82) is 0 Å². The highest BCUT2D eigenvalue weighted by molar-refractivity contribution is 9.10. The van der Waals surface area contributed by atoms with Crippen LogP contribution in [0.25, 0.3) is 0 Å². The van der Waals surface area contributed by atoms with Gasteiger partial charge in [0.25, 0.3) is 0 Å². The smallest absolute Gasteiger partial charge is 0.0178 e. The summed E-state index contributed by atoms with van der Waals surface area (Å²) in [6, 6.07) is 8.68. The molecule has 1 heterocycles. The monoisotopic (exact) mass is 296 g/mol. The van der Waals surface area contributed by atoms with Gasteiger partial charge in [-0.2, -0.15) is 0 Å². The Bertz CT molecular complexity index is 346. The van der Waals surface area contributed by atoms with E-state index in [-0.39, 0.29) is 0 Å². The number of rotatable bonds is 3. The molecule has 17 heavy (non-hydrogen) atoms. The van der Waals surface area contributed by atoms with Crippen LogP contribution < -0.4 is 5.32 Å². The molecule has 1 fully saturated rings. The second-order valence-corrected chi connectivity index (χ2v) is 5.78. The van der Waals surface area contributed by atoms with Gasteiger partial charge in [-0.1, -0.05) is 35.0 Å². The van der Waals surface area contributed by atoms with Crippen LogP contribution in [0.4, 0.5) is 0 Å². The summed E-state index contributed by atoms with van der Waals surface area (Å²) in [6.45, 7) is 8.19. The molecule has 1 saturated heterocycles. The van der Waals surface area contributed by atoms with Crippen LogP contribution >= 0.6 is 15.9 Å². The maximum absolute atomic E-state index is 3.54. The van der Waals surface area contributed by atoms with Gasteiger partial charge in [0.1, 0.15) is 0 Å². The molecule has 0 aromatic heterocycles. The summed E-state index contributed by atoms with van der Waals surface area (Å²) in [5.74, 6) is 0.602. The molecule has 0 radical (unpaired) electrons. The Balaban J connectivity index is 1.93. The Morgan fingerprint density at radius 1 is 1.35 bits per heavy atom. The predicted molar refractivity (Wildman–Crippen MR) is 76.5 cm³/mol. The fourth-order valence-electron chi connectivity index (χ4n) is 2.39. The number of benzene rings is 1. The quantitative estimate of drug-likeness (QED) is 0.923. The molecule has 0 spiro atoms. The number of hydrogen-bond donors (Lipinski definition) is 1. The molecular formula is C14H21BrN2. The molecule has 1 aromatic carbocycles. The summed E-state index contributed by atoms with van der Waals surface area (Å²) in [5.41, 5.74) is 1.43. The standard InChI is InChI=1S/C14H21BrN2/c1-12(13-4-2-5-14(15)10-13)11-17-8-3-6-16-7-9-17/h2,4-5,10,12,16H,3,6-9,11H2,1H3. The zero-order valence-electron chi connectivity index (χ0n) is 10.5. The number of halogens is 1. The van der Waals surface area contributed by atoms with Crippen LogP contribution in [-0.2, 0) is 0 Å². The van der Waals surface area contributed by atoms with Crippen molar-refractivity contribution in [3.8, 4) is 0 Å². The van der Waals surface area contributed by atoms with Crippen LogP contribution in [0.5, 0.6) is 0 Å². The third-order valence-corrected chi connectivity index (χ3v) is 3.88. The first kappa shape index (κ1) is 13.1. The van der Waals surface area contributed by atoms with Gasteiger partial charge in [-0.3, -0.25) is 0 Å². The van der Waals surface area contributed by atoms with Gasteiger partial charge in [-0.05, 0) is 43.1 Å². The van der Waals surface area contributed by atoms with Crippen molar-refractivity contribution < 1.29 is 0 Å². The van der Waals surface area contributed by atoms with Crippen LogP contribution in [-0.4, -0.2) is 37.6 Å². The van der Waals surface area contributed by atoms with Crippen molar-refractivity contribution in [2.24, 2.45) is 0 Å². The Kier molecular flexibility index (Phi) is 5.01. The van der Waals surface area contributed by atoms with Crippen molar-refractivity contribution in [3.63, 3.8) is 0 Å². The van der Waals surface area contributed by atoms with Crippen molar-refractivity contribution in [2.45, 2.75) is 19.3 Å². The third kappa shape index (κ3) is 4.09. The van der Waals surface area contributed by atoms with Gasteiger partial charge in [-0.25, -0.2) is 0 Å². The molecule has 1 aliphatic rings. The largest absolute Gasteiger partial charge is 0.315 e. The van der Waals surface area contributed by atoms with Crippen molar-refractivity contribution in [3.05, 3.63) is 34.3 Å². The number of nitrogens with zero attached hydrogens (tertiary/aromatic N) is 1. The SMILES string of the molecule is CC(CN1CCCNCC1)c1cccc(Br)c1. The highest BCUT2D eigenvalue weighted by Gasteiger charge is 2.13.